The van der Waals surface area contributed by atoms with Gasteiger partial charge in [-0.05, 0) is 29.0 Å². The van der Waals surface area contributed by atoms with E-state index in [1.165, 1.54) is 0 Å². The summed E-state index contributed by atoms with van der Waals surface area (Å²) in [4.78, 5) is 0. The van der Waals surface area contributed by atoms with E-state index in [1.807, 2.05) is 24.3 Å². The molecule has 20 heavy (non-hydrogen) atoms. The second kappa shape index (κ2) is 7.00. The van der Waals surface area contributed by atoms with Crippen molar-refractivity contribution in [2.75, 3.05) is 13.7 Å². The molecule has 0 radical (unpaired) electrons. The van der Waals surface area contributed by atoms with E-state index < -0.39 is 0 Å². The third-order valence-electron chi connectivity index (χ3n) is 2.95. The number of tetrazole rings is 1. The number of ether oxygens (including phenoxy) is 1. The lowest BCUT2D eigenvalue weighted by atomic mass is 10.2. The normalized spacial score (nSPS) is 11.0. The summed E-state index contributed by atoms with van der Waals surface area (Å²) >= 11 is 0. The minimum atomic E-state index is 0.605. The fraction of sp³-hybridized carbons (Fsp3) is 0.500. The molecule has 1 aromatic carbocycles. The van der Waals surface area contributed by atoms with Crippen LogP contribution in [0.15, 0.2) is 24.3 Å². The van der Waals surface area contributed by atoms with Crippen LogP contribution in [0.1, 0.15) is 25.2 Å². The van der Waals surface area contributed by atoms with Crippen LogP contribution < -0.4 is 10.1 Å². The predicted molar refractivity (Wildman–Crippen MR) is 76.5 cm³/mol. The first-order valence-corrected chi connectivity index (χ1v) is 6.78. The summed E-state index contributed by atoms with van der Waals surface area (Å²) in [6.45, 7) is 6.56. The van der Waals surface area contributed by atoms with Gasteiger partial charge in [0.25, 0.3) is 0 Å². The Morgan fingerprint density at radius 3 is 2.85 bits per heavy atom. The van der Waals surface area contributed by atoms with Gasteiger partial charge in [0.2, 0.25) is 0 Å². The van der Waals surface area contributed by atoms with Crippen LogP contribution in [0.3, 0.4) is 0 Å². The number of nitrogens with zero attached hydrogens (tertiary/aromatic N) is 4. The zero-order valence-electron chi connectivity index (χ0n) is 12.2. The Kier molecular flexibility index (Phi) is 5.06. The van der Waals surface area contributed by atoms with E-state index in [1.54, 1.807) is 11.8 Å². The molecular formula is C14H21N5O. The van der Waals surface area contributed by atoms with Gasteiger partial charge in [0.15, 0.2) is 5.82 Å². The molecule has 0 aliphatic heterocycles. The van der Waals surface area contributed by atoms with Crippen molar-refractivity contribution in [1.29, 1.82) is 0 Å². The number of hydrogen-bond donors (Lipinski definition) is 1. The van der Waals surface area contributed by atoms with Gasteiger partial charge in [0.05, 0.1) is 20.2 Å². The topological polar surface area (TPSA) is 64.9 Å². The molecule has 0 amide bonds. The van der Waals surface area contributed by atoms with Gasteiger partial charge in [-0.1, -0.05) is 32.0 Å². The van der Waals surface area contributed by atoms with E-state index in [-0.39, 0.29) is 0 Å². The Morgan fingerprint density at radius 1 is 1.30 bits per heavy atom. The van der Waals surface area contributed by atoms with Crippen LogP contribution in [0.5, 0.6) is 5.75 Å². The van der Waals surface area contributed by atoms with E-state index >= 15 is 0 Å². The quantitative estimate of drug-likeness (QED) is 0.829. The van der Waals surface area contributed by atoms with Crippen LogP contribution in [0.2, 0.25) is 0 Å². The van der Waals surface area contributed by atoms with Crippen molar-refractivity contribution in [3.8, 4) is 5.75 Å². The summed E-state index contributed by atoms with van der Waals surface area (Å²) < 4.78 is 7.15. The van der Waals surface area contributed by atoms with E-state index in [0.29, 0.717) is 19.0 Å². The summed E-state index contributed by atoms with van der Waals surface area (Å²) in [7, 11) is 1.67. The molecule has 0 saturated carbocycles. The number of nitrogens with one attached hydrogen (secondary N) is 1. The third kappa shape index (κ3) is 3.77. The Bertz CT molecular complexity index is 538. The molecule has 2 rings (SSSR count). The lowest BCUT2D eigenvalue weighted by molar-refractivity contribution is 0.406. The van der Waals surface area contributed by atoms with E-state index in [2.05, 4.69) is 34.7 Å². The average Bonchev–Trinajstić information content (AvgIpc) is 2.86. The number of para-hydroxylation sites is 1. The predicted octanol–water partition coefficient (Wildman–Crippen LogP) is 1.48. The summed E-state index contributed by atoms with van der Waals surface area (Å²) in [6, 6.07) is 7.90. The summed E-state index contributed by atoms with van der Waals surface area (Å²) in [6.07, 6.45) is 0. The lowest BCUT2D eigenvalue weighted by Gasteiger charge is -2.10. The van der Waals surface area contributed by atoms with Gasteiger partial charge in [-0.15, -0.1) is 5.10 Å². The van der Waals surface area contributed by atoms with Gasteiger partial charge < -0.3 is 10.1 Å². The standard InChI is InChI=1S/C14H21N5O/c1-11(2)8-15-9-14-16-17-18-19(14)10-12-6-4-5-7-13(12)20-3/h4-7,11,15H,8-10H2,1-3H3. The summed E-state index contributed by atoms with van der Waals surface area (Å²) in [5.41, 5.74) is 1.06. The highest BCUT2D eigenvalue weighted by molar-refractivity contribution is 5.33. The molecule has 1 aromatic heterocycles. The number of methoxy groups -OCH3 is 1. The van der Waals surface area contributed by atoms with Crippen molar-refractivity contribution in [2.45, 2.75) is 26.9 Å². The first-order chi connectivity index (χ1) is 9.70. The van der Waals surface area contributed by atoms with Crippen LogP contribution in [-0.2, 0) is 13.1 Å². The zero-order valence-corrected chi connectivity index (χ0v) is 12.2. The van der Waals surface area contributed by atoms with Gasteiger partial charge in [-0.2, -0.15) is 0 Å². The Labute approximate surface area is 119 Å². The SMILES string of the molecule is COc1ccccc1Cn1nnnc1CNCC(C)C. The molecule has 0 aliphatic carbocycles. The molecular weight excluding hydrogens is 254 g/mol. The first kappa shape index (κ1) is 14.5. The molecule has 0 unspecified atom stereocenters. The smallest absolute Gasteiger partial charge is 0.165 e. The third-order valence-corrected chi connectivity index (χ3v) is 2.95. The highest BCUT2D eigenvalue weighted by Crippen LogP contribution is 2.18. The highest BCUT2D eigenvalue weighted by atomic mass is 16.5. The maximum atomic E-state index is 5.35. The molecule has 0 fully saturated rings. The van der Waals surface area contributed by atoms with Crippen molar-refractivity contribution in [2.24, 2.45) is 5.92 Å². The number of hydrogen-bond acceptors (Lipinski definition) is 5. The lowest BCUT2D eigenvalue weighted by Crippen LogP contribution is -2.22. The van der Waals surface area contributed by atoms with Crippen LogP contribution in [0, 0.1) is 5.92 Å². The molecule has 6 nitrogen and oxygen atoms in total. The van der Waals surface area contributed by atoms with Crippen LogP contribution >= 0.6 is 0 Å². The highest BCUT2D eigenvalue weighted by Gasteiger charge is 2.09. The molecule has 6 heteroatoms. The van der Waals surface area contributed by atoms with Gasteiger partial charge in [-0.25, -0.2) is 4.68 Å². The molecule has 2 aromatic rings. The molecule has 1 heterocycles. The Morgan fingerprint density at radius 2 is 2.10 bits per heavy atom. The van der Waals surface area contributed by atoms with Crippen LogP contribution in [-0.4, -0.2) is 33.9 Å². The summed E-state index contributed by atoms with van der Waals surface area (Å²) in [5, 5.41) is 15.2. The van der Waals surface area contributed by atoms with Gasteiger partial charge in [-0.3, -0.25) is 0 Å². The monoisotopic (exact) mass is 275 g/mol. The van der Waals surface area contributed by atoms with Crippen molar-refractivity contribution in [1.82, 2.24) is 25.5 Å². The van der Waals surface area contributed by atoms with Gasteiger partial charge >= 0.3 is 0 Å². The first-order valence-electron chi connectivity index (χ1n) is 6.78. The zero-order chi connectivity index (χ0) is 14.4. The largest absolute Gasteiger partial charge is 0.496 e. The van der Waals surface area contributed by atoms with Crippen molar-refractivity contribution >= 4 is 0 Å². The van der Waals surface area contributed by atoms with Crippen molar-refractivity contribution in [3.63, 3.8) is 0 Å². The van der Waals surface area contributed by atoms with Crippen LogP contribution in [0.4, 0.5) is 0 Å². The molecule has 108 valence electrons. The Hall–Kier alpha value is -1.95. The minimum absolute atomic E-state index is 0.605. The van der Waals surface area contributed by atoms with Crippen molar-refractivity contribution in [3.05, 3.63) is 35.7 Å². The number of benzene rings is 1. The molecule has 0 aliphatic rings. The summed E-state index contributed by atoms with van der Waals surface area (Å²) in [5.74, 6) is 2.29. The molecule has 0 saturated heterocycles. The fourth-order valence-corrected chi connectivity index (χ4v) is 1.94. The second-order valence-corrected chi connectivity index (χ2v) is 5.09. The van der Waals surface area contributed by atoms with Gasteiger partial charge in [0, 0.05) is 5.56 Å². The van der Waals surface area contributed by atoms with Gasteiger partial charge in [0.1, 0.15) is 5.75 Å². The van der Waals surface area contributed by atoms with E-state index in [9.17, 15) is 0 Å². The van der Waals surface area contributed by atoms with E-state index in [0.717, 1.165) is 23.7 Å². The molecule has 1 N–H and O–H groups in total. The molecule has 0 bridgehead atoms. The average molecular weight is 275 g/mol. The number of rotatable bonds is 7. The Balaban J connectivity index is 2.04. The van der Waals surface area contributed by atoms with E-state index in [4.69, 9.17) is 4.74 Å². The van der Waals surface area contributed by atoms with Crippen LogP contribution in [0.25, 0.3) is 0 Å². The minimum Gasteiger partial charge on any atom is -0.496 e. The maximum Gasteiger partial charge on any atom is 0.165 e. The maximum absolute atomic E-state index is 5.35. The number of aromatic nitrogens is 4. The fourth-order valence-electron chi connectivity index (χ4n) is 1.94. The second-order valence-electron chi connectivity index (χ2n) is 5.09. The molecule has 0 atom stereocenters. The van der Waals surface area contributed by atoms with Crippen molar-refractivity contribution < 1.29 is 4.74 Å². The molecule has 0 spiro atoms.